The number of rotatable bonds is 7. The van der Waals surface area contributed by atoms with Crippen LogP contribution in [-0.4, -0.2) is 32.7 Å². The highest BCUT2D eigenvalue weighted by atomic mass is 32.1. The lowest BCUT2D eigenvalue weighted by atomic mass is 9.98. The molecule has 0 fully saturated rings. The first-order chi connectivity index (χ1) is 12.7. The molecule has 0 aliphatic rings. The molecule has 27 heavy (non-hydrogen) atoms. The zero-order valence-electron chi connectivity index (χ0n) is 15.9. The van der Waals surface area contributed by atoms with Gasteiger partial charge in [-0.1, -0.05) is 54.7 Å². The largest absolute Gasteiger partial charge is 0.489 e. The van der Waals surface area contributed by atoms with Gasteiger partial charge in [0.1, 0.15) is 12.4 Å². The van der Waals surface area contributed by atoms with E-state index in [4.69, 9.17) is 22.7 Å². The lowest BCUT2D eigenvalue weighted by Crippen LogP contribution is -2.56. The van der Waals surface area contributed by atoms with Crippen molar-refractivity contribution in [1.29, 1.82) is 0 Å². The molecular formula is C21H26N2O3S. The summed E-state index contributed by atoms with van der Waals surface area (Å²) in [6.07, 6.45) is -0.624. The van der Waals surface area contributed by atoms with E-state index in [0.717, 1.165) is 16.9 Å². The second-order valence-electron chi connectivity index (χ2n) is 7.36. The normalized spacial score (nSPS) is 12.3. The number of carbonyl (C=O) groups is 1. The molecule has 0 unspecified atom stereocenters. The average Bonchev–Trinajstić information content (AvgIpc) is 2.60. The molecule has 1 atom stereocenters. The first kappa shape index (κ1) is 20.7. The molecule has 5 nitrogen and oxygen atoms in total. The summed E-state index contributed by atoms with van der Waals surface area (Å²) in [4.78, 5) is 13.2. The standard InChI is InChI=1S/C21H26N2O3S/c1-21(2,3)23(20(24)25)18(19(22)27)13-15-9-11-17(12-10-15)26-14-16-7-5-4-6-8-16/h4-12,18H,13-14H2,1-3H3,(H2,22,27)(H,24,25)/t18-/m0/s1. The monoisotopic (exact) mass is 386 g/mol. The van der Waals surface area contributed by atoms with Crippen LogP contribution in [0.5, 0.6) is 5.75 Å². The smallest absolute Gasteiger partial charge is 0.408 e. The van der Waals surface area contributed by atoms with E-state index in [-0.39, 0.29) is 4.99 Å². The minimum absolute atomic E-state index is 0.164. The third-order valence-corrected chi connectivity index (χ3v) is 4.44. The van der Waals surface area contributed by atoms with E-state index in [1.165, 1.54) is 4.90 Å². The van der Waals surface area contributed by atoms with Gasteiger partial charge in [-0.25, -0.2) is 4.79 Å². The molecule has 0 saturated carbocycles. The molecule has 0 bridgehead atoms. The quantitative estimate of drug-likeness (QED) is 0.696. The highest BCUT2D eigenvalue weighted by Gasteiger charge is 2.34. The van der Waals surface area contributed by atoms with Gasteiger partial charge >= 0.3 is 6.09 Å². The maximum atomic E-state index is 11.7. The molecule has 0 saturated heterocycles. The van der Waals surface area contributed by atoms with E-state index < -0.39 is 17.7 Å². The van der Waals surface area contributed by atoms with Gasteiger partial charge in [0.2, 0.25) is 0 Å². The summed E-state index contributed by atoms with van der Waals surface area (Å²) >= 11 is 5.15. The zero-order valence-corrected chi connectivity index (χ0v) is 16.7. The predicted octanol–water partition coefficient (Wildman–Crippen LogP) is 4.24. The van der Waals surface area contributed by atoms with Crippen molar-refractivity contribution in [3.8, 4) is 5.75 Å². The van der Waals surface area contributed by atoms with Crippen molar-refractivity contribution in [1.82, 2.24) is 4.90 Å². The van der Waals surface area contributed by atoms with E-state index in [1.54, 1.807) is 0 Å². The Labute approximate surface area is 165 Å². The van der Waals surface area contributed by atoms with Crippen molar-refractivity contribution in [2.24, 2.45) is 5.73 Å². The van der Waals surface area contributed by atoms with E-state index in [9.17, 15) is 9.90 Å². The highest BCUT2D eigenvalue weighted by Crippen LogP contribution is 2.22. The number of carboxylic acid groups (broad SMARTS) is 1. The van der Waals surface area contributed by atoms with Gasteiger partial charge in [0.05, 0.1) is 11.0 Å². The van der Waals surface area contributed by atoms with Crippen LogP contribution < -0.4 is 10.5 Å². The Bertz CT molecular complexity index is 770. The number of nitrogens with two attached hydrogens (primary N) is 1. The van der Waals surface area contributed by atoms with Gasteiger partial charge < -0.3 is 15.6 Å². The Morgan fingerprint density at radius 3 is 2.19 bits per heavy atom. The number of nitrogens with zero attached hydrogens (tertiary/aromatic N) is 1. The van der Waals surface area contributed by atoms with Crippen molar-refractivity contribution < 1.29 is 14.6 Å². The summed E-state index contributed by atoms with van der Waals surface area (Å²) in [6.45, 7) is 5.97. The Hall–Kier alpha value is -2.60. The Morgan fingerprint density at radius 2 is 1.70 bits per heavy atom. The van der Waals surface area contributed by atoms with Gasteiger partial charge in [-0.05, 0) is 50.5 Å². The van der Waals surface area contributed by atoms with Crippen LogP contribution in [0.3, 0.4) is 0 Å². The Morgan fingerprint density at radius 1 is 1.11 bits per heavy atom. The van der Waals surface area contributed by atoms with Crippen LogP contribution in [0.2, 0.25) is 0 Å². The van der Waals surface area contributed by atoms with Crippen molar-refractivity contribution in [2.75, 3.05) is 0 Å². The predicted molar refractivity (Wildman–Crippen MR) is 111 cm³/mol. The summed E-state index contributed by atoms with van der Waals surface area (Å²) in [5, 5.41) is 9.62. The first-order valence-corrected chi connectivity index (χ1v) is 9.16. The van der Waals surface area contributed by atoms with Crippen LogP contribution in [0.1, 0.15) is 31.9 Å². The fourth-order valence-electron chi connectivity index (χ4n) is 2.89. The molecule has 3 N–H and O–H groups in total. The lowest BCUT2D eigenvalue weighted by Gasteiger charge is -2.39. The summed E-state index contributed by atoms with van der Waals surface area (Å²) in [6, 6.07) is 16.9. The maximum absolute atomic E-state index is 11.7. The van der Waals surface area contributed by atoms with Crippen molar-refractivity contribution in [3.05, 3.63) is 65.7 Å². The van der Waals surface area contributed by atoms with Crippen LogP contribution in [0.4, 0.5) is 4.79 Å². The molecule has 0 aliphatic heterocycles. The second-order valence-corrected chi connectivity index (χ2v) is 7.84. The minimum atomic E-state index is -1.04. The number of thiocarbonyl (C=S) groups is 1. The number of hydrogen-bond donors (Lipinski definition) is 2. The van der Waals surface area contributed by atoms with Crippen molar-refractivity contribution in [2.45, 2.75) is 45.4 Å². The molecule has 1 amide bonds. The summed E-state index contributed by atoms with van der Waals surface area (Å²) in [7, 11) is 0. The molecule has 2 rings (SSSR count). The first-order valence-electron chi connectivity index (χ1n) is 8.75. The molecular weight excluding hydrogens is 360 g/mol. The van der Waals surface area contributed by atoms with Crippen molar-refractivity contribution >= 4 is 23.3 Å². The van der Waals surface area contributed by atoms with Gasteiger partial charge in [-0.2, -0.15) is 0 Å². The summed E-state index contributed by atoms with van der Waals surface area (Å²) < 4.78 is 5.78. The molecule has 0 aromatic heterocycles. The highest BCUT2D eigenvalue weighted by molar-refractivity contribution is 7.80. The zero-order chi connectivity index (χ0) is 20.0. The molecule has 0 heterocycles. The van der Waals surface area contributed by atoms with Gasteiger partial charge in [0.15, 0.2) is 0 Å². The van der Waals surface area contributed by atoms with Crippen LogP contribution >= 0.6 is 12.2 Å². The van der Waals surface area contributed by atoms with Crippen LogP contribution in [0.25, 0.3) is 0 Å². The minimum Gasteiger partial charge on any atom is -0.489 e. The Balaban J connectivity index is 2.08. The second kappa shape index (κ2) is 8.86. The molecule has 2 aromatic rings. The topological polar surface area (TPSA) is 75.8 Å². The van der Waals surface area contributed by atoms with E-state index in [2.05, 4.69) is 0 Å². The molecule has 0 radical (unpaired) electrons. The number of hydrogen-bond acceptors (Lipinski definition) is 3. The molecule has 0 aliphatic carbocycles. The van der Waals surface area contributed by atoms with Gasteiger partial charge in [0, 0.05) is 5.54 Å². The fraction of sp³-hybridized carbons (Fsp3) is 0.333. The van der Waals surface area contributed by atoms with Crippen molar-refractivity contribution in [3.63, 3.8) is 0 Å². The van der Waals surface area contributed by atoms with E-state index >= 15 is 0 Å². The van der Waals surface area contributed by atoms with Crippen LogP contribution in [0.15, 0.2) is 54.6 Å². The molecule has 144 valence electrons. The Kier molecular flexibility index (Phi) is 6.80. The third-order valence-electron chi connectivity index (χ3n) is 4.17. The third kappa shape index (κ3) is 5.96. The molecule has 0 spiro atoms. The lowest BCUT2D eigenvalue weighted by molar-refractivity contribution is 0.0882. The molecule has 2 aromatic carbocycles. The van der Waals surface area contributed by atoms with Gasteiger partial charge in [-0.3, -0.25) is 4.90 Å². The summed E-state index contributed by atoms with van der Waals surface area (Å²) in [5.41, 5.74) is 7.29. The van der Waals surface area contributed by atoms with E-state index in [1.807, 2.05) is 75.4 Å². The molecule has 6 heteroatoms. The van der Waals surface area contributed by atoms with Gasteiger partial charge in [-0.15, -0.1) is 0 Å². The fourth-order valence-corrected chi connectivity index (χ4v) is 3.08. The van der Waals surface area contributed by atoms with Crippen LogP contribution in [-0.2, 0) is 13.0 Å². The maximum Gasteiger partial charge on any atom is 0.408 e. The van der Waals surface area contributed by atoms with E-state index in [0.29, 0.717) is 13.0 Å². The van der Waals surface area contributed by atoms with Crippen LogP contribution in [0, 0.1) is 0 Å². The number of amides is 1. The summed E-state index contributed by atoms with van der Waals surface area (Å²) in [5.74, 6) is 0.750. The van der Waals surface area contributed by atoms with Gasteiger partial charge in [0.25, 0.3) is 0 Å². The SMILES string of the molecule is CC(C)(C)N(C(=O)O)[C@@H](Cc1ccc(OCc2ccccc2)cc1)C(N)=S. The number of benzene rings is 2. The number of ether oxygens (including phenoxy) is 1. The average molecular weight is 387 g/mol.